The van der Waals surface area contributed by atoms with Crippen LogP contribution in [0.15, 0.2) is 42.5 Å². The summed E-state index contributed by atoms with van der Waals surface area (Å²) in [6.45, 7) is 4.19. The lowest BCUT2D eigenvalue weighted by Gasteiger charge is -2.06. The predicted molar refractivity (Wildman–Crippen MR) is 68.7 cm³/mol. The molecule has 0 aliphatic carbocycles. The molecule has 16 heavy (non-hydrogen) atoms. The Morgan fingerprint density at radius 3 is 2.56 bits per heavy atom. The number of hydrogen-bond donors (Lipinski definition) is 0. The van der Waals surface area contributed by atoms with E-state index in [1.807, 2.05) is 6.92 Å². The molecule has 0 amide bonds. The van der Waals surface area contributed by atoms with Crippen LogP contribution >= 0.6 is 0 Å². The van der Waals surface area contributed by atoms with Gasteiger partial charge in [0.25, 0.3) is 0 Å². The molecule has 78 valence electrons. The first kappa shape index (κ1) is 9.34. The van der Waals surface area contributed by atoms with Gasteiger partial charge in [0.2, 0.25) is 0 Å². The maximum absolute atomic E-state index is 4.66. The zero-order chi connectivity index (χ0) is 11.1. The van der Waals surface area contributed by atoms with Crippen molar-refractivity contribution in [1.82, 2.24) is 4.98 Å². The molecule has 0 unspecified atom stereocenters. The van der Waals surface area contributed by atoms with Gasteiger partial charge in [-0.3, -0.25) is 4.98 Å². The number of pyridine rings is 1. The lowest BCUT2D eigenvalue weighted by molar-refractivity contribution is 1.24. The van der Waals surface area contributed by atoms with Crippen molar-refractivity contribution in [3.05, 3.63) is 53.7 Å². The van der Waals surface area contributed by atoms with Crippen molar-refractivity contribution in [3.63, 3.8) is 0 Å². The van der Waals surface area contributed by atoms with Gasteiger partial charge in [-0.2, -0.15) is 0 Å². The van der Waals surface area contributed by atoms with Crippen LogP contribution in [-0.2, 0) is 0 Å². The first-order valence-corrected chi connectivity index (χ1v) is 5.51. The smallest absolute Gasteiger partial charge is 0.0786 e. The highest BCUT2D eigenvalue weighted by molar-refractivity contribution is 6.06. The number of nitrogens with zero attached hydrogens (tertiary/aromatic N) is 1. The molecule has 0 N–H and O–H groups in total. The Kier molecular flexibility index (Phi) is 1.93. The van der Waals surface area contributed by atoms with Gasteiger partial charge in [0.05, 0.1) is 5.52 Å². The van der Waals surface area contributed by atoms with Crippen molar-refractivity contribution in [2.75, 3.05) is 0 Å². The summed E-state index contributed by atoms with van der Waals surface area (Å²) in [5, 5.41) is 3.75. The van der Waals surface area contributed by atoms with Crippen LogP contribution < -0.4 is 0 Å². The Labute approximate surface area is 94.7 Å². The molecular weight excluding hydrogens is 194 g/mol. The van der Waals surface area contributed by atoms with Crippen LogP contribution in [0.4, 0.5) is 0 Å². The highest BCUT2D eigenvalue weighted by Gasteiger charge is 2.04. The molecule has 0 fully saturated rings. The van der Waals surface area contributed by atoms with E-state index in [0.717, 1.165) is 11.2 Å². The molecule has 1 aromatic heterocycles. The Balaban J connectivity index is 2.59. The predicted octanol–water partition coefficient (Wildman–Crippen LogP) is 4.00. The van der Waals surface area contributed by atoms with Crippen LogP contribution in [0.1, 0.15) is 11.3 Å². The van der Waals surface area contributed by atoms with Gasteiger partial charge in [-0.1, -0.05) is 36.4 Å². The highest BCUT2D eigenvalue weighted by atomic mass is 14.7. The second-order valence-corrected chi connectivity index (χ2v) is 4.26. The summed E-state index contributed by atoms with van der Waals surface area (Å²) in [6.07, 6.45) is 0. The summed E-state index contributed by atoms with van der Waals surface area (Å²) in [5.74, 6) is 0. The number of rotatable bonds is 0. The van der Waals surface area contributed by atoms with Crippen molar-refractivity contribution >= 4 is 21.7 Å². The molecule has 0 bridgehead atoms. The Morgan fingerprint density at radius 1 is 0.875 bits per heavy atom. The molecule has 0 aliphatic heterocycles. The van der Waals surface area contributed by atoms with Gasteiger partial charge < -0.3 is 0 Å². The molecule has 0 aliphatic rings. The minimum atomic E-state index is 1.08. The van der Waals surface area contributed by atoms with Crippen molar-refractivity contribution in [3.8, 4) is 0 Å². The van der Waals surface area contributed by atoms with E-state index in [4.69, 9.17) is 0 Å². The summed E-state index contributed by atoms with van der Waals surface area (Å²) in [5.41, 5.74) is 3.50. The Morgan fingerprint density at radius 2 is 1.69 bits per heavy atom. The van der Waals surface area contributed by atoms with Crippen LogP contribution in [0, 0.1) is 13.8 Å². The molecule has 1 nitrogen and oxygen atoms in total. The highest BCUT2D eigenvalue weighted by Crippen LogP contribution is 2.26. The average Bonchev–Trinajstić information content (AvgIpc) is 2.28. The Bertz CT molecular complexity index is 683. The van der Waals surface area contributed by atoms with E-state index in [1.165, 1.54) is 21.7 Å². The first-order chi connectivity index (χ1) is 7.75. The fraction of sp³-hybridized carbons (Fsp3) is 0.133. The van der Waals surface area contributed by atoms with Gasteiger partial charge in [-0.25, -0.2) is 0 Å². The molecule has 0 radical (unpaired) electrons. The van der Waals surface area contributed by atoms with Gasteiger partial charge >= 0.3 is 0 Å². The van der Waals surface area contributed by atoms with Crippen LogP contribution in [0.5, 0.6) is 0 Å². The zero-order valence-corrected chi connectivity index (χ0v) is 9.49. The van der Waals surface area contributed by atoms with E-state index < -0.39 is 0 Å². The van der Waals surface area contributed by atoms with Gasteiger partial charge in [0.15, 0.2) is 0 Å². The van der Waals surface area contributed by atoms with E-state index in [0.29, 0.717) is 0 Å². The molecule has 0 saturated heterocycles. The number of aromatic nitrogens is 1. The lowest BCUT2D eigenvalue weighted by Crippen LogP contribution is -1.88. The maximum Gasteiger partial charge on any atom is 0.0786 e. The molecule has 0 saturated carbocycles. The summed E-state index contributed by atoms with van der Waals surface area (Å²) in [7, 11) is 0. The fourth-order valence-electron chi connectivity index (χ4n) is 2.29. The van der Waals surface area contributed by atoms with E-state index in [9.17, 15) is 0 Å². The van der Waals surface area contributed by atoms with E-state index in [-0.39, 0.29) is 0 Å². The molecule has 1 heterocycles. The summed E-state index contributed by atoms with van der Waals surface area (Å²) in [4.78, 5) is 4.66. The largest absolute Gasteiger partial charge is 0.252 e. The van der Waals surface area contributed by atoms with Crippen LogP contribution in [0.2, 0.25) is 0 Å². The van der Waals surface area contributed by atoms with Crippen LogP contribution in [0.3, 0.4) is 0 Å². The van der Waals surface area contributed by atoms with Crippen molar-refractivity contribution in [2.45, 2.75) is 13.8 Å². The number of fused-ring (bicyclic) bond motifs is 3. The number of benzene rings is 2. The van der Waals surface area contributed by atoms with Crippen molar-refractivity contribution in [2.24, 2.45) is 0 Å². The first-order valence-electron chi connectivity index (χ1n) is 5.51. The van der Waals surface area contributed by atoms with Crippen molar-refractivity contribution < 1.29 is 0 Å². The van der Waals surface area contributed by atoms with Gasteiger partial charge in [-0.15, -0.1) is 0 Å². The van der Waals surface area contributed by atoms with E-state index in [1.54, 1.807) is 0 Å². The molecule has 2 aromatic carbocycles. The number of aryl methyl sites for hydroxylation is 2. The van der Waals surface area contributed by atoms with Gasteiger partial charge in [0.1, 0.15) is 0 Å². The van der Waals surface area contributed by atoms with E-state index >= 15 is 0 Å². The molecule has 3 rings (SSSR count). The standard InChI is InChI=1S/C15H13N/c1-10-9-11(2)16-15-13(10)8-7-12-5-3-4-6-14(12)15/h3-9H,1-2H3. The number of hydrogen-bond acceptors (Lipinski definition) is 1. The molecule has 0 atom stereocenters. The van der Waals surface area contributed by atoms with E-state index in [2.05, 4.69) is 54.4 Å². The fourth-order valence-corrected chi connectivity index (χ4v) is 2.29. The third-order valence-corrected chi connectivity index (χ3v) is 3.04. The minimum absolute atomic E-state index is 1.08. The Hall–Kier alpha value is -1.89. The second kappa shape index (κ2) is 3.31. The topological polar surface area (TPSA) is 12.9 Å². The summed E-state index contributed by atoms with van der Waals surface area (Å²) < 4.78 is 0. The van der Waals surface area contributed by atoms with Crippen LogP contribution in [0.25, 0.3) is 21.7 Å². The summed E-state index contributed by atoms with van der Waals surface area (Å²) >= 11 is 0. The molecular formula is C15H13N. The monoisotopic (exact) mass is 207 g/mol. The maximum atomic E-state index is 4.66. The van der Waals surface area contributed by atoms with Crippen LogP contribution in [-0.4, -0.2) is 4.98 Å². The zero-order valence-electron chi connectivity index (χ0n) is 9.49. The molecule has 3 aromatic rings. The molecule has 0 spiro atoms. The molecule has 1 heteroatoms. The SMILES string of the molecule is Cc1cc(C)c2ccc3ccccc3c2n1. The normalized spacial score (nSPS) is 11.1. The van der Waals surface area contributed by atoms with Crippen molar-refractivity contribution in [1.29, 1.82) is 0 Å². The quantitative estimate of drug-likeness (QED) is 0.508. The van der Waals surface area contributed by atoms with Gasteiger partial charge in [0, 0.05) is 16.5 Å². The second-order valence-electron chi connectivity index (χ2n) is 4.26. The van der Waals surface area contributed by atoms with Gasteiger partial charge in [-0.05, 0) is 30.9 Å². The minimum Gasteiger partial charge on any atom is -0.252 e. The lowest BCUT2D eigenvalue weighted by atomic mass is 10.0. The third-order valence-electron chi connectivity index (χ3n) is 3.04. The summed E-state index contributed by atoms with van der Waals surface area (Å²) in [6, 6.07) is 14.9. The third kappa shape index (κ3) is 1.28. The average molecular weight is 207 g/mol.